The summed E-state index contributed by atoms with van der Waals surface area (Å²) in [7, 11) is 1.67. The Morgan fingerprint density at radius 2 is 1.80 bits per heavy atom. The summed E-state index contributed by atoms with van der Waals surface area (Å²) in [5.74, 6) is -0.378. The van der Waals surface area contributed by atoms with E-state index in [0.29, 0.717) is 10.6 Å². The van der Waals surface area contributed by atoms with Crippen LogP contribution < -0.4 is 11.5 Å². The lowest BCUT2D eigenvalue weighted by Crippen LogP contribution is -2.11. The third kappa shape index (κ3) is 2.13. The monoisotopic (exact) mass is 288 g/mol. The second-order valence-corrected chi connectivity index (χ2v) is 5.12. The van der Waals surface area contributed by atoms with Gasteiger partial charge in [0, 0.05) is 12.1 Å². The maximum Gasteiger partial charge on any atom is 0.419 e. The van der Waals surface area contributed by atoms with Crippen molar-refractivity contribution in [1.82, 2.24) is 4.57 Å². The van der Waals surface area contributed by atoms with Crippen LogP contribution in [-0.4, -0.2) is 4.57 Å². The number of oxazole rings is 1. The first-order chi connectivity index (χ1) is 9.56. The van der Waals surface area contributed by atoms with E-state index in [1.165, 1.54) is 4.57 Å². The van der Waals surface area contributed by atoms with Gasteiger partial charge in [-0.05, 0) is 35.4 Å². The Hall–Kier alpha value is -2.04. The average molecular weight is 289 g/mol. The lowest BCUT2D eigenvalue weighted by molar-refractivity contribution is 0.527. The zero-order valence-corrected chi connectivity index (χ0v) is 11.6. The van der Waals surface area contributed by atoms with Crippen molar-refractivity contribution in [1.29, 1.82) is 0 Å². The number of nitrogens with two attached hydrogens (primary N) is 1. The molecule has 1 aromatic heterocycles. The Kier molecular flexibility index (Phi) is 3.12. The Balaban J connectivity index is 2.05. The van der Waals surface area contributed by atoms with Crippen LogP contribution >= 0.6 is 11.6 Å². The Morgan fingerprint density at radius 1 is 1.15 bits per heavy atom. The summed E-state index contributed by atoms with van der Waals surface area (Å²) in [4.78, 5) is 11.5. The number of aryl methyl sites for hydroxylation is 1. The van der Waals surface area contributed by atoms with Crippen molar-refractivity contribution in [2.24, 2.45) is 12.8 Å². The van der Waals surface area contributed by atoms with E-state index in [4.69, 9.17) is 21.8 Å². The molecule has 0 bridgehead atoms. The topological polar surface area (TPSA) is 61.2 Å². The molecule has 1 atom stereocenters. The molecule has 3 rings (SSSR count). The van der Waals surface area contributed by atoms with Crippen LogP contribution in [-0.2, 0) is 7.05 Å². The standard InChI is InChI=1S/C15H13ClN2O2/c1-18-12-7-4-10(8-13(12)20-15(18)19)14(17)9-2-5-11(16)6-3-9/h2-8,14H,17H2,1H3. The first kappa shape index (κ1) is 13.0. The SMILES string of the molecule is Cn1c(=O)oc2cc(C(N)c3ccc(Cl)cc3)ccc21. The number of fused-ring (bicyclic) bond motifs is 1. The van der Waals surface area contributed by atoms with Gasteiger partial charge < -0.3 is 10.2 Å². The van der Waals surface area contributed by atoms with Gasteiger partial charge in [0.1, 0.15) is 0 Å². The Bertz CT molecular complexity index is 818. The summed E-state index contributed by atoms with van der Waals surface area (Å²) in [6.45, 7) is 0. The van der Waals surface area contributed by atoms with Crippen LogP contribution in [0.5, 0.6) is 0 Å². The molecule has 3 aromatic rings. The lowest BCUT2D eigenvalue weighted by Gasteiger charge is -2.12. The number of nitrogens with zero attached hydrogens (tertiary/aromatic N) is 1. The second-order valence-electron chi connectivity index (χ2n) is 4.68. The van der Waals surface area contributed by atoms with E-state index in [0.717, 1.165) is 16.6 Å². The lowest BCUT2D eigenvalue weighted by atomic mass is 9.99. The Morgan fingerprint density at radius 3 is 2.50 bits per heavy atom. The second kappa shape index (κ2) is 4.81. The van der Waals surface area contributed by atoms with Gasteiger partial charge in [0.25, 0.3) is 0 Å². The van der Waals surface area contributed by atoms with Crippen LogP contribution in [0.2, 0.25) is 5.02 Å². The molecule has 2 N–H and O–H groups in total. The van der Waals surface area contributed by atoms with Crippen molar-refractivity contribution in [2.45, 2.75) is 6.04 Å². The molecule has 0 amide bonds. The molecule has 0 saturated carbocycles. The van der Waals surface area contributed by atoms with Gasteiger partial charge in [0.15, 0.2) is 5.58 Å². The summed E-state index contributed by atoms with van der Waals surface area (Å²) >= 11 is 5.87. The van der Waals surface area contributed by atoms with Gasteiger partial charge in [-0.2, -0.15) is 0 Å². The molecular formula is C15H13ClN2O2. The minimum absolute atomic E-state index is 0.290. The molecule has 0 fully saturated rings. The van der Waals surface area contributed by atoms with Gasteiger partial charge in [-0.25, -0.2) is 4.79 Å². The average Bonchev–Trinajstić information content (AvgIpc) is 2.74. The van der Waals surface area contributed by atoms with Gasteiger partial charge in [0.2, 0.25) is 0 Å². The van der Waals surface area contributed by atoms with E-state index in [1.807, 2.05) is 24.3 Å². The number of hydrogen-bond acceptors (Lipinski definition) is 3. The largest absolute Gasteiger partial charge is 0.419 e. The van der Waals surface area contributed by atoms with Gasteiger partial charge in [-0.1, -0.05) is 29.8 Å². The molecule has 0 aliphatic heterocycles. The highest BCUT2D eigenvalue weighted by Crippen LogP contribution is 2.24. The van der Waals surface area contributed by atoms with Crippen LogP contribution in [0.15, 0.2) is 51.7 Å². The van der Waals surface area contributed by atoms with E-state index in [1.54, 1.807) is 25.2 Å². The molecule has 0 spiro atoms. The van der Waals surface area contributed by atoms with Crippen molar-refractivity contribution < 1.29 is 4.42 Å². The van der Waals surface area contributed by atoms with Crippen molar-refractivity contribution in [3.8, 4) is 0 Å². The molecule has 0 saturated heterocycles. The first-order valence-electron chi connectivity index (χ1n) is 6.17. The van der Waals surface area contributed by atoms with Crippen molar-refractivity contribution in [3.05, 3.63) is 69.2 Å². The number of benzene rings is 2. The fourth-order valence-corrected chi connectivity index (χ4v) is 2.33. The summed E-state index contributed by atoms with van der Waals surface area (Å²) in [6, 6.07) is 12.6. The predicted octanol–water partition coefficient (Wildman–Crippen LogP) is 2.83. The number of halogens is 1. The maximum absolute atomic E-state index is 11.5. The van der Waals surface area contributed by atoms with Crippen molar-refractivity contribution in [2.75, 3.05) is 0 Å². The highest BCUT2D eigenvalue weighted by Gasteiger charge is 2.12. The molecule has 0 aliphatic carbocycles. The molecule has 20 heavy (non-hydrogen) atoms. The molecule has 2 aromatic carbocycles. The molecule has 0 radical (unpaired) electrons. The highest BCUT2D eigenvalue weighted by atomic mass is 35.5. The van der Waals surface area contributed by atoms with Crippen LogP contribution in [0.25, 0.3) is 11.1 Å². The van der Waals surface area contributed by atoms with Crippen LogP contribution in [0.4, 0.5) is 0 Å². The first-order valence-corrected chi connectivity index (χ1v) is 6.54. The molecule has 5 heteroatoms. The molecule has 102 valence electrons. The number of hydrogen-bond donors (Lipinski definition) is 1. The quantitative estimate of drug-likeness (QED) is 0.789. The summed E-state index contributed by atoms with van der Waals surface area (Å²) in [5.41, 5.74) is 9.36. The van der Waals surface area contributed by atoms with Gasteiger partial charge in [-0.3, -0.25) is 4.57 Å². The molecule has 4 nitrogen and oxygen atoms in total. The van der Waals surface area contributed by atoms with Crippen LogP contribution in [0.3, 0.4) is 0 Å². The van der Waals surface area contributed by atoms with E-state index < -0.39 is 0 Å². The fraction of sp³-hybridized carbons (Fsp3) is 0.133. The molecule has 0 aliphatic rings. The zero-order valence-electron chi connectivity index (χ0n) is 10.8. The predicted molar refractivity (Wildman–Crippen MR) is 78.9 cm³/mol. The normalized spacial score (nSPS) is 12.8. The van der Waals surface area contributed by atoms with Crippen LogP contribution in [0.1, 0.15) is 17.2 Å². The minimum atomic E-state index is -0.378. The summed E-state index contributed by atoms with van der Waals surface area (Å²) < 4.78 is 6.64. The van der Waals surface area contributed by atoms with Gasteiger partial charge in [-0.15, -0.1) is 0 Å². The summed E-state index contributed by atoms with van der Waals surface area (Å²) in [5, 5.41) is 0.672. The number of aromatic nitrogens is 1. The highest BCUT2D eigenvalue weighted by molar-refractivity contribution is 6.30. The van der Waals surface area contributed by atoms with Crippen molar-refractivity contribution >= 4 is 22.7 Å². The third-order valence-electron chi connectivity index (χ3n) is 3.40. The van der Waals surface area contributed by atoms with Gasteiger partial charge in [0.05, 0.1) is 11.6 Å². The third-order valence-corrected chi connectivity index (χ3v) is 3.66. The smallest absolute Gasteiger partial charge is 0.408 e. The van der Waals surface area contributed by atoms with E-state index in [9.17, 15) is 4.79 Å². The Labute approximate surface area is 120 Å². The summed E-state index contributed by atoms with van der Waals surface area (Å²) in [6.07, 6.45) is 0. The van der Waals surface area contributed by atoms with E-state index >= 15 is 0 Å². The maximum atomic E-state index is 11.5. The van der Waals surface area contributed by atoms with Crippen molar-refractivity contribution in [3.63, 3.8) is 0 Å². The fourth-order valence-electron chi connectivity index (χ4n) is 2.21. The van der Waals surface area contributed by atoms with Crippen LogP contribution in [0, 0.1) is 0 Å². The molecular weight excluding hydrogens is 276 g/mol. The van der Waals surface area contributed by atoms with Gasteiger partial charge >= 0.3 is 5.76 Å². The minimum Gasteiger partial charge on any atom is -0.408 e. The molecule has 1 unspecified atom stereocenters. The number of rotatable bonds is 2. The molecule has 1 heterocycles. The van der Waals surface area contributed by atoms with E-state index in [2.05, 4.69) is 0 Å². The van der Waals surface area contributed by atoms with E-state index in [-0.39, 0.29) is 11.8 Å². The zero-order chi connectivity index (χ0) is 14.3.